The normalized spacial score (nSPS) is 20.4. The molecule has 3 rings (SSSR count). The van der Waals surface area contributed by atoms with Crippen molar-refractivity contribution < 1.29 is 14.8 Å². The summed E-state index contributed by atoms with van der Waals surface area (Å²) in [7, 11) is 0. The number of carbonyl (C=O) groups excluding carboxylic acids is 1. The van der Waals surface area contributed by atoms with E-state index in [9.17, 15) is 9.90 Å². The fourth-order valence-electron chi connectivity index (χ4n) is 3.72. The lowest BCUT2D eigenvalue weighted by Crippen LogP contribution is -3.16. The average Bonchev–Trinajstić information content (AvgIpc) is 2.57. The summed E-state index contributed by atoms with van der Waals surface area (Å²) in [6, 6.07) is 7.88. The predicted molar refractivity (Wildman–Crippen MR) is 90.9 cm³/mol. The number of hydrogen-bond acceptors (Lipinski definition) is 3. The summed E-state index contributed by atoms with van der Waals surface area (Å²) in [5.41, 5.74) is 0.901. The zero-order valence-electron chi connectivity index (χ0n) is 13.8. The van der Waals surface area contributed by atoms with E-state index in [-0.39, 0.29) is 5.91 Å². The van der Waals surface area contributed by atoms with E-state index in [2.05, 4.69) is 10.2 Å². The molecule has 1 aromatic carbocycles. The fraction of sp³-hybridized carbons (Fsp3) is 0.611. The van der Waals surface area contributed by atoms with Crippen molar-refractivity contribution in [1.82, 2.24) is 5.32 Å². The van der Waals surface area contributed by atoms with E-state index in [0.717, 1.165) is 44.7 Å². The number of phenolic OH excluding ortho intramolecular Hbond substituents is 1. The minimum Gasteiger partial charge on any atom is -0.506 e. The Bertz CT molecular complexity index is 521. The summed E-state index contributed by atoms with van der Waals surface area (Å²) in [5.74, 6) is 0.536. The van der Waals surface area contributed by atoms with Crippen LogP contribution >= 0.6 is 0 Å². The molecule has 1 aromatic rings. The summed E-state index contributed by atoms with van der Waals surface area (Å²) in [6.45, 7) is 4.21. The molecule has 1 saturated heterocycles. The minimum atomic E-state index is 0.197. The molecule has 0 bridgehead atoms. The summed E-state index contributed by atoms with van der Waals surface area (Å²) < 4.78 is 0. The van der Waals surface area contributed by atoms with Gasteiger partial charge in [0, 0.05) is 6.04 Å². The summed E-state index contributed by atoms with van der Waals surface area (Å²) in [5, 5.41) is 13.1. The molecule has 0 radical (unpaired) electrons. The Balaban J connectivity index is 1.44. The van der Waals surface area contributed by atoms with Crippen LogP contribution in [0.2, 0.25) is 0 Å². The second-order valence-electron chi connectivity index (χ2n) is 6.80. The van der Waals surface area contributed by atoms with Gasteiger partial charge in [-0.05, 0) is 25.0 Å². The van der Waals surface area contributed by atoms with Crippen molar-refractivity contribution in [2.45, 2.75) is 38.1 Å². The lowest BCUT2D eigenvalue weighted by Gasteiger charge is -2.34. The van der Waals surface area contributed by atoms with Crippen molar-refractivity contribution >= 4 is 11.6 Å². The predicted octanol–water partition coefficient (Wildman–Crippen LogP) is 0.546. The number of anilines is 1. The maximum Gasteiger partial charge on any atom is 0.275 e. The zero-order valence-corrected chi connectivity index (χ0v) is 13.8. The number of para-hydroxylation sites is 2. The number of nitrogens with zero attached hydrogens (tertiary/aromatic N) is 1. The van der Waals surface area contributed by atoms with Crippen molar-refractivity contribution in [2.24, 2.45) is 0 Å². The number of carbonyl (C=O) groups is 1. The first-order valence-corrected chi connectivity index (χ1v) is 8.88. The van der Waals surface area contributed by atoms with Crippen molar-refractivity contribution in [2.75, 3.05) is 37.6 Å². The molecular formula is C18H28N3O2+. The van der Waals surface area contributed by atoms with Gasteiger partial charge in [0.1, 0.15) is 5.75 Å². The minimum absolute atomic E-state index is 0.197. The SMILES string of the molecule is O=C(C[NH+]1CCN(c2ccccc2O)CC1)NC1CCCCC1. The van der Waals surface area contributed by atoms with Crippen LogP contribution in [0.3, 0.4) is 0 Å². The van der Waals surface area contributed by atoms with Crippen molar-refractivity contribution in [1.29, 1.82) is 0 Å². The molecule has 1 heterocycles. The van der Waals surface area contributed by atoms with Crippen LogP contribution < -0.4 is 15.1 Å². The van der Waals surface area contributed by atoms with Crippen LogP contribution in [0.4, 0.5) is 5.69 Å². The summed E-state index contributed by atoms with van der Waals surface area (Å²) in [4.78, 5) is 15.7. The molecule has 126 valence electrons. The number of rotatable bonds is 4. The van der Waals surface area contributed by atoms with E-state index in [1.54, 1.807) is 6.07 Å². The summed E-state index contributed by atoms with van der Waals surface area (Å²) >= 11 is 0. The number of benzene rings is 1. The lowest BCUT2D eigenvalue weighted by atomic mass is 9.95. The number of hydrogen-bond donors (Lipinski definition) is 3. The largest absolute Gasteiger partial charge is 0.506 e. The van der Waals surface area contributed by atoms with Crippen LogP contribution in [0.25, 0.3) is 0 Å². The van der Waals surface area contributed by atoms with Crippen molar-refractivity contribution in [3.8, 4) is 5.75 Å². The van der Waals surface area contributed by atoms with Gasteiger partial charge in [0.15, 0.2) is 6.54 Å². The first-order chi connectivity index (χ1) is 11.2. The third-order valence-corrected chi connectivity index (χ3v) is 5.07. The Morgan fingerprint density at radius 1 is 1.17 bits per heavy atom. The molecule has 1 saturated carbocycles. The highest BCUT2D eigenvalue weighted by Gasteiger charge is 2.24. The molecule has 23 heavy (non-hydrogen) atoms. The maximum absolute atomic E-state index is 12.2. The molecule has 5 heteroatoms. The highest BCUT2D eigenvalue weighted by Crippen LogP contribution is 2.25. The van der Waals surface area contributed by atoms with Crippen LogP contribution in [0.1, 0.15) is 32.1 Å². The molecule has 0 atom stereocenters. The third-order valence-electron chi connectivity index (χ3n) is 5.07. The topological polar surface area (TPSA) is 57.0 Å². The molecule has 0 spiro atoms. The Hall–Kier alpha value is -1.75. The first kappa shape index (κ1) is 16.1. The van der Waals surface area contributed by atoms with Gasteiger partial charge in [-0.3, -0.25) is 4.79 Å². The number of nitrogens with one attached hydrogen (secondary N) is 2. The molecule has 1 amide bonds. The van der Waals surface area contributed by atoms with Crippen LogP contribution in [-0.4, -0.2) is 49.8 Å². The van der Waals surface area contributed by atoms with Gasteiger partial charge >= 0.3 is 0 Å². The Labute approximate surface area is 138 Å². The maximum atomic E-state index is 12.2. The van der Waals surface area contributed by atoms with Gasteiger partial charge in [0.25, 0.3) is 5.91 Å². The van der Waals surface area contributed by atoms with Gasteiger partial charge in [-0.25, -0.2) is 0 Å². The molecule has 3 N–H and O–H groups in total. The van der Waals surface area contributed by atoms with Crippen molar-refractivity contribution in [3.63, 3.8) is 0 Å². The number of phenols is 1. The van der Waals surface area contributed by atoms with Gasteiger partial charge in [-0.2, -0.15) is 0 Å². The molecule has 0 aromatic heterocycles. The summed E-state index contributed by atoms with van der Waals surface area (Å²) in [6.07, 6.45) is 6.09. The lowest BCUT2D eigenvalue weighted by molar-refractivity contribution is -0.892. The molecular weight excluding hydrogens is 290 g/mol. The average molecular weight is 318 g/mol. The monoisotopic (exact) mass is 318 g/mol. The third kappa shape index (κ3) is 4.38. The Morgan fingerprint density at radius 3 is 2.57 bits per heavy atom. The molecule has 5 nitrogen and oxygen atoms in total. The van der Waals surface area contributed by atoms with Crippen LogP contribution in [-0.2, 0) is 4.79 Å². The quantitative estimate of drug-likeness (QED) is 0.760. The van der Waals surface area contributed by atoms with Gasteiger partial charge < -0.3 is 20.2 Å². The smallest absolute Gasteiger partial charge is 0.275 e. The number of piperazine rings is 1. The molecule has 2 aliphatic rings. The molecule has 1 aliphatic heterocycles. The van der Waals surface area contributed by atoms with Gasteiger partial charge in [0.05, 0.1) is 31.9 Å². The highest BCUT2D eigenvalue weighted by molar-refractivity contribution is 5.77. The van der Waals surface area contributed by atoms with Gasteiger partial charge in [-0.1, -0.05) is 31.4 Å². The molecule has 2 fully saturated rings. The number of amides is 1. The second-order valence-corrected chi connectivity index (χ2v) is 6.80. The zero-order chi connectivity index (χ0) is 16.1. The second kappa shape index (κ2) is 7.68. The van der Waals surface area contributed by atoms with E-state index < -0.39 is 0 Å². The van der Waals surface area contributed by atoms with Gasteiger partial charge in [-0.15, -0.1) is 0 Å². The van der Waals surface area contributed by atoms with Crippen LogP contribution in [0.5, 0.6) is 5.75 Å². The van der Waals surface area contributed by atoms with E-state index in [0.29, 0.717) is 18.3 Å². The number of quaternary nitrogens is 1. The van der Waals surface area contributed by atoms with Crippen molar-refractivity contribution in [3.05, 3.63) is 24.3 Å². The van der Waals surface area contributed by atoms with Gasteiger partial charge in [0.2, 0.25) is 0 Å². The fourth-order valence-corrected chi connectivity index (χ4v) is 3.72. The van der Waals surface area contributed by atoms with E-state index in [4.69, 9.17) is 0 Å². The van der Waals surface area contributed by atoms with E-state index >= 15 is 0 Å². The van der Waals surface area contributed by atoms with E-state index in [1.807, 2.05) is 18.2 Å². The number of aromatic hydroxyl groups is 1. The Kier molecular flexibility index (Phi) is 5.39. The Morgan fingerprint density at radius 2 is 1.87 bits per heavy atom. The molecule has 1 aliphatic carbocycles. The highest BCUT2D eigenvalue weighted by atomic mass is 16.3. The standard InChI is InChI=1S/C18H27N3O2/c22-17-9-5-4-8-16(17)21-12-10-20(11-13-21)14-18(23)19-15-6-2-1-3-7-15/h4-5,8-9,15,22H,1-3,6-7,10-14H2,(H,19,23)/p+1. The van der Waals surface area contributed by atoms with E-state index in [1.165, 1.54) is 24.2 Å². The van der Waals surface area contributed by atoms with Crippen LogP contribution in [0, 0.1) is 0 Å². The van der Waals surface area contributed by atoms with Crippen LogP contribution in [0.15, 0.2) is 24.3 Å². The molecule has 0 unspecified atom stereocenters. The first-order valence-electron chi connectivity index (χ1n) is 8.88.